The number of hydrogen-bond acceptors (Lipinski definition) is 6. The van der Waals surface area contributed by atoms with Gasteiger partial charge in [-0.25, -0.2) is 14.8 Å². The predicted molar refractivity (Wildman–Crippen MR) is 103 cm³/mol. The zero-order chi connectivity index (χ0) is 18.6. The number of thiazole rings is 1. The van der Waals surface area contributed by atoms with Crippen molar-refractivity contribution >= 4 is 40.3 Å². The summed E-state index contributed by atoms with van der Waals surface area (Å²) < 4.78 is 5.71. The van der Waals surface area contributed by atoms with Crippen molar-refractivity contribution in [3.63, 3.8) is 0 Å². The highest BCUT2D eigenvalue weighted by Gasteiger charge is 2.18. The molecule has 3 aromatic rings. The molecule has 7 nitrogen and oxygen atoms in total. The van der Waals surface area contributed by atoms with E-state index in [0.29, 0.717) is 16.7 Å². The molecular weight excluding hydrogens is 350 g/mol. The molecule has 26 heavy (non-hydrogen) atoms. The molecule has 0 unspecified atom stereocenters. The lowest BCUT2D eigenvalue weighted by Crippen LogP contribution is -2.19. The lowest BCUT2D eigenvalue weighted by molar-refractivity contribution is 0.262. The molecular formula is C18H19N5O2S. The molecule has 2 N–H and O–H groups in total. The fourth-order valence-corrected chi connectivity index (χ4v) is 2.70. The van der Waals surface area contributed by atoms with Crippen LogP contribution >= 0.6 is 11.3 Å². The number of rotatable bonds is 4. The highest BCUT2D eigenvalue weighted by atomic mass is 32.1. The number of pyridine rings is 1. The molecule has 3 heterocycles. The predicted octanol–water partition coefficient (Wildman–Crippen LogP) is 4.64. The van der Waals surface area contributed by atoms with Crippen LogP contribution in [0.15, 0.2) is 41.3 Å². The fraction of sp³-hybridized carbons (Fsp3) is 0.222. The number of anilines is 2. The first-order valence-electron chi connectivity index (χ1n) is 7.98. The quantitative estimate of drug-likeness (QED) is 0.699. The number of carbonyl (C=O) groups excluding carboxylic acids is 1. The number of aromatic nitrogens is 3. The van der Waals surface area contributed by atoms with Crippen molar-refractivity contribution in [2.24, 2.45) is 0 Å². The maximum atomic E-state index is 11.9. The minimum Gasteiger partial charge on any atom is -0.441 e. The van der Waals surface area contributed by atoms with Gasteiger partial charge in [-0.1, -0.05) is 32.1 Å². The third-order valence-corrected chi connectivity index (χ3v) is 4.19. The van der Waals surface area contributed by atoms with Crippen LogP contribution < -0.4 is 10.6 Å². The number of urea groups is 1. The van der Waals surface area contributed by atoms with Crippen LogP contribution in [0.1, 0.15) is 37.3 Å². The van der Waals surface area contributed by atoms with Gasteiger partial charge in [-0.3, -0.25) is 10.3 Å². The molecule has 0 saturated carbocycles. The molecule has 2 amide bonds. The number of nitrogens with one attached hydrogen (secondary N) is 2. The number of amides is 2. The lowest BCUT2D eigenvalue weighted by Gasteiger charge is -2.12. The Kier molecular flexibility index (Phi) is 5.13. The molecule has 0 radical (unpaired) electrons. The van der Waals surface area contributed by atoms with E-state index in [1.54, 1.807) is 43.0 Å². The van der Waals surface area contributed by atoms with E-state index in [1.807, 2.05) is 6.08 Å². The van der Waals surface area contributed by atoms with Gasteiger partial charge in [0, 0.05) is 28.8 Å². The highest BCUT2D eigenvalue weighted by Crippen LogP contribution is 2.24. The van der Waals surface area contributed by atoms with Crippen molar-refractivity contribution in [2.45, 2.75) is 26.2 Å². The Morgan fingerprint density at radius 2 is 2.00 bits per heavy atom. The summed E-state index contributed by atoms with van der Waals surface area (Å²) in [5.74, 6) is 1.36. The maximum Gasteiger partial charge on any atom is 0.325 e. The smallest absolute Gasteiger partial charge is 0.325 e. The number of hydrogen-bond donors (Lipinski definition) is 2. The van der Waals surface area contributed by atoms with Gasteiger partial charge in [0.25, 0.3) is 0 Å². The fourth-order valence-electron chi connectivity index (χ4n) is 1.98. The average molecular weight is 369 g/mol. The normalized spacial score (nSPS) is 11.7. The summed E-state index contributed by atoms with van der Waals surface area (Å²) in [4.78, 5) is 25.2. The standard InChI is InChI=1S/C18H19N5O2S/c1-18(2,3)14-11-20-15(25-14)7-6-13-10-21-17(26-13)23-16(24)22-12-5-4-8-19-9-12/h4-11H,1-3H3,(H2,21,22,23,24). The van der Waals surface area contributed by atoms with Crippen molar-refractivity contribution in [1.82, 2.24) is 15.0 Å². The van der Waals surface area contributed by atoms with Gasteiger partial charge < -0.3 is 9.73 Å². The van der Waals surface area contributed by atoms with Crippen LogP contribution in [0.25, 0.3) is 12.2 Å². The van der Waals surface area contributed by atoms with Gasteiger partial charge in [-0.2, -0.15) is 0 Å². The topological polar surface area (TPSA) is 92.9 Å². The van der Waals surface area contributed by atoms with E-state index in [1.165, 1.54) is 11.3 Å². The summed E-state index contributed by atoms with van der Waals surface area (Å²) >= 11 is 1.35. The Morgan fingerprint density at radius 3 is 2.69 bits per heavy atom. The number of nitrogens with zero attached hydrogens (tertiary/aromatic N) is 3. The van der Waals surface area contributed by atoms with Gasteiger partial charge in [-0.15, -0.1) is 0 Å². The molecule has 0 aliphatic heterocycles. The average Bonchev–Trinajstić information content (AvgIpc) is 3.22. The molecule has 3 aromatic heterocycles. The van der Waals surface area contributed by atoms with Crippen molar-refractivity contribution < 1.29 is 9.21 Å². The van der Waals surface area contributed by atoms with Crippen LogP contribution in [-0.4, -0.2) is 21.0 Å². The third-order valence-electron chi connectivity index (χ3n) is 3.32. The van der Waals surface area contributed by atoms with Crippen LogP contribution in [0.5, 0.6) is 0 Å². The van der Waals surface area contributed by atoms with Crippen molar-refractivity contribution in [3.8, 4) is 0 Å². The summed E-state index contributed by atoms with van der Waals surface area (Å²) in [6.07, 6.45) is 10.2. The maximum absolute atomic E-state index is 11.9. The summed E-state index contributed by atoms with van der Waals surface area (Å²) in [7, 11) is 0. The Balaban J connectivity index is 1.59. The molecule has 0 aliphatic carbocycles. The van der Waals surface area contributed by atoms with Crippen LogP contribution in [0.3, 0.4) is 0 Å². The van der Waals surface area contributed by atoms with Gasteiger partial charge in [0.1, 0.15) is 5.76 Å². The van der Waals surface area contributed by atoms with E-state index in [0.717, 1.165) is 10.6 Å². The van der Waals surface area contributed by atoms with Gasteiger partial charge in [0.05, 0.1) is 18.1 Å². The summed E-state index contributed by atoms with van der Waals surface area (Å²) in [5.41, 5.74) is 0.530. The molecule has 8 heteroatoms. The molecule has 134 valence electrons. The van der Waals surface area contributed by atoms with Crippen molar-refractivity contribution in [1.29, 1.82) is 0 Å². The number of carbonyl (C=O) groups is 1. The van der Waals surface area contributed by atoms with E-state index >= 15 is 0 Å². The number of oxazole rings is 1. The molecule has 0 spiro atoms. The Labute approximate surface area is 155 Å². The lowest BCUT2D eigenvalue weighted by atomic mass is 9.94. The first kappa shape index (κ1) is 17.8. The largest absolute Gasteiger partial charge is 0.441 e. The van der Waals surface area contributed by atoms with Crippen molar-refractivity contribution in [2.75, 3.05) is 10.6 Å². The molecule has 0 fully saturated rings. The summed E-state index contributed by atoms with van der Waals surface area (Å²) in [5, 5.41) is 5.87. The first-order valence-corrected chi connectivity index (χ1v) is 8.80. The molecule has 0 bridgehead atoms. The SMILES string of the molecule is CC(C)(C)c1cnc(C=Cc2cnc(NC(=O)Nc3cccnc3)s2)o1. The van der Waals surface area contributed by atoms with Crippen LogP contribution in [0, 0.1) is 0 Å². The van der Waals surface area contributed by atoms with E-state index in [2.05, 4.69) is 46.4 Å². The van der Waals surface area contributed by atoms with Crippen LogP contribution in [0.4, 0.5) is 15.6 Å². The van der Waals surface area contributed by atoms with Gasteiger partial charge in [-0.05, 0) is 18.2 Å². The minimum absolute atomic E-state index is 0.0810. The molecule has 3 rings (SSSR count). The zero-order valence-corrected chi connectivity index (χ0v) is 15.5. The Bertz CT molecular complexity index is 909. The van der Waals surface area contributed by atoms with Crippen molar-refractivity contribution in [3.05, 3.63) is 53.4 Å². The van der Waals surface area contributed by atoms with E-state index < -0.39 is 0 Å². The summed E-state index contributed by atoms with van der Waals surface area (Å²) in [6.45, 7) is 6.20. The molecule has 0 aromatic carbocycles. The van der Waals surface area contributed by atoms with E-state index in [-0.39, 0.29) is 11.4 Å². The van der Waals surface area contributed by atoms with Crippen LogP contribution in [-0.2, 0) is 5.41 Å². The zero-order valence-electron chi connectivity index (χ0n) is 14.7. The van der Waals surface area contributed by atoms with E-state index in [4.69, 9.17) is 4.42 Å². The highest BCUT2D eigenvalue weighted by molar-refractivity contribution is 7.16. The van der Waals surface area contributed by atoms with Gasteiger partial charge >= 0.3 is 6.03 Å². The van der Waals surface area contributed by atoms with E-state index in [9.17, 15) is 4.79 Å². The van der Waals surface area contributed by atoms with Gasteiger partial charge in [0.2, 0.25) is 5.89 Å². The third kappa shape index (κ3) is 4.76. The second-order valence-electron chi connectivity index (χ2n) is 6.53. The molecule has 0 atom stereocenters. The Morgan fingerprint density at radius 1 is 1.15 bits per heavy atom. The monoisotopic (exact) mass is 369 g/mol. The Hall–Kier alpha value is -3.00. The van der Waals surface area contributed by atoms with Crippen LogP contribution in [0.2, 0.25) is 0 Å². The second kappa shape index (κ2) is 7.49. The van der Waals surface area contributed by atoms with Gasteiger partial charge in [0.15, 0.2) is 5.13 Å². The first-order chi connectivity index (χ1) is 12.4. The molecule has 0 saturated heterocycles. The summed E-state index contributed by atoms with van der Waals surface area (Å²) in [6, 6.07) is 3.13. The molecule has 0 aliphatic rings. The minimum atomic E-state index is -0.370. The second-order valence-corrected chi connectivity index (χ2v) is 7.60.